The molecular weight excluding hydrogens is 396 g/mol. The zero-order valence-electron chi connectivity index (χ0n) is 18.0. The number of hydrogen-bond acceptors (Lipinski definition) is 4. The minimum Gasteiger partial charge on any atom is -0.468 e. The Kier molecular flexibility index (Phi) is 5.71. The molecule has 0 unspecified atom stereocenters. The zero-order valence-corrected chi connectivity index (χ0v) is 18.0. The van der Waals surface area contributed by atoms with Crippen LogP contribution in [0.5, 0.6) is 0 Å². The SMILES string of the molecule is COC(=O)[C@H]1N[C@@H](c2ccccc2)N(Cc2ccccc2)[C@@H]1c1ccc2ccccc2c1. The molecule has 1 fully saturated rings. The molecule has 0 bridgehead atoms. The molecule has 4 aromatic rings. The van der Waals surface area contributed by atoms with E-state index in [9.17, 15) is 4.79 Å². The zero-order chi connectivity index (χ0) is 21.9. The molecule has 1 heterocycles. The third-order valence-corrected chi connectivity index (χ3v) is 6.24. The number of benzene rings is 4. The lowest BCUT2D eigenvalue weighted by Crippen LogP contribution is -2.37. The van der Waals surface area contributed by atoms with Crippen molar-refractivity contribution < 1.29 is 9.53 Å². The van der Waals surface area contributed by atoms with Crippen LogP contribution in [0.3, 0.4) is 0 Å². The minimum atomic E-state index is -0.477. The smallest absolute Gasteiger partial charge is 0.324 e. The highest BCUT2D eigenvalue weighted by Gasteiger charge is 2.46. The van der Waals surface area contributed by atoms with E-state index in [4.69, 9.17) is 4.74 Å². The molecule has 4 nitrogen and oxygen atoms in total. The van der Waals surface area contributed by atoms with Crippen LogP contribution in [0.1, 0.15) is 28.9 Å². The van der Waals surface area contributed by atoms with Gasteiger partial charge in [0.2, 0.25) is 0 Å². The summed E-state index contributed by atoms with van der Waals surface area (Å²) in [7, 11) is 1.46. The Balaban J connectivity index is 1.63. The standard InChI is InChI=1S/C28H26N2O2/c1-32-28(31)25-26(24-17-16-21-12-8-9-15-23(21)18-24)30(19-20-10-4-2-5-11-20)27(29-25)22-13-6-3-7-14-22/h2-18,25-27,29H,19H2,1H3/t25-,26+,27+/m0/s1. The minimum absolute atomic E-state index is 0.114. The number of esters is 1. The van der Waals surface area contributed by atoms with E-state index in [1.54, 1.807) is 0 Å². The fourth-order valence-corrected chi connectivity index (χ4v) is 4.72. The Bertz CT molecular complexity index is 1210. The molecule has 4 heteroatoms. The van der Waals surface area contributed by atoms with Crippen LogP contribution < -0.4 is 5.32 Å². The topological polar surface area (TPSA) is 41.6 Å². The van der Waals surface area contributed by atoms with Crippen LogP contribution in [0.25, 0.3) is 10.8 Å². The van der Waals surface area contributed by atoms with Gasteiger partial charge in [0.1, 0.15) is 6.04 Å². The molecule has 0 radical (unpaired) electrons. The van der Waals surface area contributed by atoms with Gasteiger partial charge in [-0.2, -0.15) is 0 Å². The highest BCUT2D eigenvalue weighted by Crippen LogP contribution is 2.40. The van der Waals surface area contributed by atoms with Crippen LogP contribution in [0.15, 0.2) is 103 Å². The first-order valence-electron chi connectivity index (χ1n) is 10.9. The van der Waals surface area contributed by atoms with Gasteiger partial charge in [-0.3, -0.25) is 15.0 Å². The van der Waals surface area contributed by atoms with Crippen molar-refractivity contribution in [3.05, 3.63) is 120 Å². The Hall–Kier alpha value is -3.47. The summed E-state index contributed by atoms with van der Waals surface area (Å²) in [5.74, 6) is -0.250. The first-order chi connectivity index (χ1) is 15.7. The highest BCUT2D eigenvalue weighted by molar-refractivity contribution is 5.84. The first-order valence-corrected chi connectivity index (χ1v) is 10.9. The Morgan fingerprint density at radius 2 is 1.47 bits per heavy atom. The maximum absolute atomic E-state index is 12.9. The van der Waals surface area contributed by atoms with E-state index in [1.165, 1.54) is 18.1 Å². The number of carbonyl (C=O) groups is 1. The second-order valence-corrected chi connectivity index (χ2v) is 8.19. The largest absolute Gasteiger partial charge is 0.468 e. The molecule has 5 rings (SSSR count). The fraction of sp³-hybridized carbons (Fsp3) is 0.179. The number of fused-ring (bicyclic) bond motifs is 1. The molecule has 3 atom stereocenters. The summed E-state index contributed by atoms with van der Waals surface area (Å²) in [5, 5.41) is 5.93. The van der Waals surface area contributed by atoms with Crippen molar-refractivity contribution in [3.8, 4) is 0 Å². The number of rotatable bonds is 5. The summed E-state index contributed by atoms with van der Waals surface area (Å²) in [4.78, 5) is 15.3. The molecule has 160 valence electrons. The van der Waals surface area contributed by atoms with Gasteiger partial charge >= 0.3 is 5.97 Å². The van der Waals surface area contributed by atoms with E-state index in [0.29, 0.717) is 6.54 Å². The predicted octanol–water partition coefficient (Wildman–Crippen LogP) is 5.23. The summed E-state index contributed by atoms with van der Waals surface area (Å²) in [6.45, 7) is 0.707. The lowest BCUT2D eigenvalue weighted by Gasteiger charge is -2.30. The van der Waals surface area contributed by atoms with E-state index in [-0.39, 0.29) is 18.2 Å². The molecule has 32 heavy (non-hydrogen) atoms. The molecule has 0 saturated carbocycles. The molecule has 1 aliphatic heterocycles. The quantitative estimate of drug-likeness (QED) is 0.448. The number of hydrogen-bond donors (Lipinski definition) is 1. The van der Waals surface area contributed by atoms with Crippen molar-refractivity contribution >= 4 is 16.7 Å². The van der Waals surface area contributed by atoms with Gasteiger partial charge in [0.05, 0.1) is 19.3 Å². The van der Waals surface area contributed by atoms with Gasteiger partial charge in [-0.1, -0.05) is 97.1 Å². The average Bonchev–Trinajstić information content (AvgIpc) is 3.23. The summed E-state index contributed by atoms with van der Waals surface area (Å²) < 4.78 is 5.23. The van der Waals surface area contributed by atoms with Crippen LogP contribution in [0.2, 0.25) is 0 Å². The van der Waals surface area contributed by atoms with Crippen LogP contribution in [-0.4, -0.2) is 24.0 Å². The van der Waals surface area contributed by atoms with Crippen LogP contribution >= 0.6 is 0 Å². The van der Waals surface area contributed by atoms with Crippen LogP contribution in [0.4, 0.5) is 0 Å². The number of carbonyl (C=O) groups excluding carboxylic acids is 1. The van der Waals surface area contributed by atoms with Gasteiger partial charge in [0.25, 0.3) is 0 Å². The Morgan fingerprint density at radius 1 is 0.812 bits per heavy atom. The predicted molar refractivity (Wildman–Crippen MR) is 127 cm³/mol. The highest BCUT2D eigenvalue weighted by atomic mass is 16.5. The lowest BCUT2D eigenvalue weighted by atomic mass is 9.96. The molecule has 0 aromatic heterocycles. The first kappa shape index (κ1) is 20.4. The van der Waals surface area contributed by atoms with Crippen molar-refractivity contribution in [3.63, 3.8) is 0 Å². The molecule has 0 aliphatic carbocycles. The van der Waals surface area contributed by atoms with Crippen molar-refractivity contribution in [1.82, 2.24) is 10.2 Å². The van der Waals surface area contributed by atoms with Crippen molar-refractivity contribution in [2.45, 2.75) is 24.8 Å². The van der Waals surface area contributed by atoms with E-state index >= 15 is 0 Å². The number of nitrogens with zero attached hydrogens (tertiary/aromatic N) is 1. The van der Waals surface area contributed by atoms with Gasteiger partial charge in [0, 0.05) is 6.54 Å². The molecule has 1 saturated heterocycles. The van der Waals surface area contributed by atoms with Crippen molar-refractivity contribution in [1.29, 1.82) is 0 Å². The molecular formula is C28H26N2O2. The lowest BCUT2D eigenvalue weighted by molar-refractivity contribution is -0.143. The molecule has 0 spiro atoms. The third-order valence-electron chi connectivity index (χ3n) is 6.24. The molecule has 1 aliphatic rings. The summed E-state index contributed by atoms with van der Waals surface area (Å²) in [6.07, 6.45) is -0.114. The molecule has 0 amide bonds. The van der Waals surface area contributed by atoms with Crippen molar-refractivity contribution in [2.75, 3.05) is 7.11 Å². The second-order valence-electron chi connectivity index (χ2n) is 8.19. The number of ether oxygens (including phenoxy) is 1. The summed E-state index contributed by atoms with van der Waals surface area (Å²) in [6, 6.07) is 34.8. The van der Waals surface area contributed by atoms with Gasteiger partial charge in [-0.25, -0.2) is 0 Å². The Labute approximate surface area is 188 Å². The fourth-order valence-electron chi connectivity index (χ4n) is 4.72. The van der Waals surface area contributed by atoms with E-state index < -0.39 is 6.04 Å². The second kappa shape index (κ2) is 8.95. The molecule has 4 aromatic carbocycles. The van der Waals surface area contributed by atoms with E-state index in [1.807, 2.05) is 36.4 Å². The van der Waals surface area contributed by atoms with Crippen LogP contribution in [0, 0.1) is 0 Å². The van der Waals surface area contributed by atoms with Crippen LogP contribution in [-0.2, 0) is 16.1 Å². The number of methoxy groups -OCH3 is 1. The average molecular weight is 423 g/mol. The monoisotopic (exact) mass is 422 g/mol. The maximum Gasteiger partial charge on any atom is 0.324 e. The van der Waals surface area contributed by atoms with Gasteiger partial charge in [-0.15, -0.1) is 0 Å². The Morgan fingerprint density at radius 3 is 2.19 bits per heavy atom. The molecule has 1 N–H and O–H groups in total. The normalized spacial score (nSPS) is 21.0. The van der Waals surface area contributed by atoms with Gasteiger partial charge < -0.3 is 4.74 Å². The maximum atomic E-state index is 12.9. The van der Waals surface area contributed by atoms with Crippen molar-refractivity contribution in [2.24, 2.45) is 0 Å². The third kappa shape index (κ3) is 3.91. The van der Waals surface area contributed by atoms with Gasteiger partial charge in [-0.05, 0) is 33.5 Å². The van der Waals surface area contributed by atoms with E-state index in [0.717, 1.165) is 16.5 Å². The summed E-state index contributed by atoms with van der Waals surface area (Å²) >= 11 is 0. The van der Waals surface area contributed by atoms with E-state index in [2.05, 4.69) is 76.9 Å². The van der Waals surface area contributed by atoms with Gasteiger partial charge in [0.15, 0.2) is 0 Å². The summed E-state index contributed by atoms with van der Waals surface area (Å²) in [5.41, 5.74) is 3.42. The number of nitrogens with one attached hydrogen (secondary N) is 1.